The van der Waals surface area contributed by atoms with Gasteiger partial charge in [-0.3, -0.25) is 0 Å². The van der Waals surface area contributed by atoms with Gasteiger partial charge < -0.3 is 10.8 Å². The van der Waals surface area contributed by atoms with Gasteiger partial charge in [0.1, 0.15) is 0 Å². The normalized spacial score (nSPS) is 15.7. The highest BCUT2D eigenvalue weighted by molar-refractivity contribution is 5.27. The van der Waals surface area contributed by atoms with E-state index in [1.54, 1.807) is 6.92 Å². The molecule has 12 heavy (non-hydrogen) atoms. The fraction of sp³-hybridized carbons (Fsp3) is 0.400. The monoisotopic (exact) mass is 165 g/mol. The van der Waals surface area contributed by atoms with Crippen LogP contribution in [0.1, 0.15) is 18.1 Å². The summed E-state index contributed by atoms with van der Waals surface area (Å²) in [5, 5.41) is 9.79. The SMILES string of the molecule is Cc1cccc([C@@](C)(O)CN)c1. The summed E-state index contributed by atoms with van der Waals surface area (Å²) in [7, 11) is 0. The van der Waals surface area contributed by atoms with Crippen LogP contribution in [0.5, 0.6) is 0 Å². The number of aryl methyl sites for hydroxylation is 1. The summed E-state index contributed by atoms with van der Waals surface area (Å²) in [6.45, 7) is 3.97. The van der Waals surface area contributed by atoms with Crippen molar-refractivity contribution in [2.24, 2.45) is 5.73 Å². The van der Waals surface area contributed by atoms with E-state index < -0.39 is 5.60 Å². The maximum atomic E-state index is 9.79. The molecule has 0 unspecified atom stereocenters. The van der Waals surface area contributed by atoms with Gasteiger partial charge in [0.2, 0.25) is 0 Å². The Balaban J connectivity index is 3.03. The van der Waals surface area contributed by atoms with Crippen LogP contribution in [0.15, 0.2) is 24.3 Å². The molecule has 1 atom stereocenters. The summed E-state index contributed by atoms with van der Waals surface area (Å²) in [4.78, 5) is 0. The molecule has 2 heteroatoms. The predicted molar refractivity (Wildman–Crippen MR) is 49.8 cm³/mol. The van der Waals surface area contributed by atoms with Gasteiger partial charge in [-0.15, -0.1) is 0 Å². The van der Waals surface area contributed by atoms with Crippen molar-refractivity contribution in [1.29, 1.82) is 0 Å². The third-order valence-electron chi connectivity index (χ3n) is 2.04. The van der Waals surface area contributed by atoms with Crippen molar-refractivity contribution in [1.82, 2.24) is 0 Å². The average Bonchev–Trinajstić information content (AvgIpc) is 2.05. The zero-order valence-corrected chi connectivity index (χ0v) is 7.54. The Hall–Kier alpha value is -0.860. The summed E-state index contributed by atoms with van der Waals surface area (Å²) < 4.78 is 0. The quantitative estimate of drug-likeness (QED) is 0.690. The first-order valence-electron chi connectivity index (χ1n) is 4.06. The first kappa shape index (κ1) is 9.23. The Morgan fingerprint density at radius 2 is 2.17 bits per heavy atom. The maximum absolute atomic E-state index is 9.79. The molecule has 1 aromatic carbocycles. The Bertz CT molecular complexity index is 268. The van der Waals surface area contributed by atoms with Gasteiger partial charge in [0, 0.05) is 6.54 Å². The minimum atomic E-state index is -0.897. The van der Waals surface area contributed by atoms with E-state index in [1.165, 1.54) is 0 Å². The molecule has 0 fully saturated rings. The maximum Gasteiger partial charge on any atom is 0.0990 e. The lowest BCUT2D eigenvalue weighted by molar-refractivity contribution is 0.0668. The smallest absolute Gasteiger partial charge is 0.0990 e. The topological polar surface area (TPSA) is 46.2 Å². The van der Waals surface area contributed by atoms with E-state index in [2.05, 4.69) is 0 Å². The zero-order chi connectivity index (χ0) is 9.19. The summed E-state index contributed by atoms with van der Waals surface area (Å²) in [6, 6.07) is 7.76. The van der Waals surface area contributed by atoms with Gasteiger partial charge in [-0.25, -0.2) is 0 Å². The molecule has 1 aromatic rings. The molecule has 0 saturated heterocycles. The Morgan fingerprint density at radius 1 is 1.50 bits per heavy atom. The van der Waals surface area contributed by atoms with Crippen molar-refractivity contribution >= 4 is 0 Å². The van der Waals surface area contributed by atoms with Crippen molar-refractivity contribution in [3.8, 4) is 0 Å². The van der Waals surface area contributed by atoms with Crippen LogP contribution in [0.4, 0.5) is 0 Å². The minimum Gasteiger partial charge on any atom is -0.384 e. The predicted octanol–water partition coefficient (Wildman–Crippen LogP) is 1.16. The third-order valence-corrected chi connectivity index (χ3v) is 2.04. The van der Waals surface area contributed by atoms with Crippen LogP contribution in [0.25, 0.3) is 0 Å². The zero-order valence-electron chi connectivity index (χ0n) is 7.54. The van der Waals surface area contributed by atoms with E-state index in [0.717, 1.165) is 11.1 Å². The van der Waals surface area contributed by atoms with Gasteiger partial charge in [-0.1, -0.05) is 29.8 Å². The van der Waals surface area contributed by atoms with Crippen LogP contribution < -0.4 is 5.73 Å². The number of aliphatic hydroxyl groups is 1. The van der Waals surface area contributed by atoms with Crippen LogP contribution in [-0.2, 0) is 5.60 Å². The molecule has 0 saturated carbocycles. The first-order valence-corrected chi connectivity index (χ1v) is 4.06. The Labute approximate surface area is 73.0 Å². The van der Waals surface area contributed by atoms with Crippen molar-refractivity contribution in [3.05, 3.63) is 35.4 Å². The van der Waals surface area contributed by atoms with Crippen LogP contribution in [0, 0.1) is 6.92 Å². The van der Waals surface area contributed by atoms with Crippen LogP contribution in [0.3, 0.4) is 0 Å². The molecule has 0 aromatic heterocycles. The second kappa shape index (κ2) is 3.25. The van der Waals surface area contributed by atoms with Gasteiger partial charge in [-0.2, -0.15) is 0 Å². The molecule has 0 amide bonds. The molecule has 0 aliphatic heterocycles. The molecule has 0 aliphatic rings. The van der Waals surface area contributed by atoms with Crippen LogP contribution in [0.2, 0.25) is 0 Å². The Morgan fingerprint density at radius 3 is 2.67 bits per heavy atom. The van der Waals surface area contributed by atoms with Gasteiger partial charge >= 0.3 is 0 Å². The van der Waals surface area contributed by atoms with E-state index in [-0.39, 0.29) is 6.54 Å². The van der Waals surface area contributed by atoms with Gasteiger partial charge in [0.25, 0.3) is 0 Å². The van der Waals surface area contributed by atoms with Crippen LogP contribution in [-0.4, -0.2) is 11.7 Å². The Kier molecular flexibility index (Phi) is 2.50. The highest BCUT2D eigenvalue weighted by Crippen LogP contribution is 2.19. The molecule has 0 spiro atoms. The summed E-state index contributed by atoms with van der Waals surface area (Å²) in [5.41, 5.74) is 6.56. The molecule has 1 rings (SSSR count). The average molecular weight is 165 g/mol. The second-order valence-corrected chi connectivity index (χ2v) is 3.35. The highest BCUT2D eigenvalue weighted by Gasteiger charge is 2.20. The van der Waals surface area contributed by atoms with E-state index >= 15 is 0 Å². The van der Waals surface area contributed by atoms with E-state index in [0.29, 0.717) is 0 Å². The van der Waals surface area contributed by atoms with E-state index in [4.69, 9.17) is 5.73 Å². The first-order chi connectivity index (χ1) is 5.56. The molecule has 0 radical (unpaired) electrons. The molecule has 66 valence electrons. The molecular weight excluding hydrogens is 150 g/mol. The number of hydrogen-bond acceptors (Lipinski definition) is 2. The summed E-state index contributed by atoms with van der Waals surface area (Å²) >= 11 is 0. The number of benzene rings is 1. The lowest BCUT2D eigenvalue weighted by Gasteiger charge is -2.21. The summed E-state index contributed by atoms with van der Waals surface area (Å²) in [5.74, 6) is 0. The lowest BCUT2D eigenvalue weighted by Crippen LogP contribution is -2.31. The minimum absolute atomic E-state index is 0.246. The van der Waals surface area contributed by atoms with Crippen molar-refractivity contribution in [2.75, 3.05) is 6.54 Å². The van der Waals surface area contributed by atoms with Crippen molar-refractivity contribution < 1.29 is 5.11 Å². The van der Waals surface area contributed by atoms with Gasteiger partial charge in [0.15, 0.2) is 0 Å². The van der Waals surface area contributed by atoms with E-state index in [1.807, 2.05) is 31.2 Å². The summed E-state index contributed by atoms with van der Waals surface area (Å²) in [6.07, 6.45) is 0. The molecule has 0 heterocycles. The van der Waals surface area contributed by atoms with Crippen molar-refractivity contribution in [2.45, 2.75) is 19.4 Å². The number of hydrogen-bond donors (Lipinski definition) is 2. The third kappa shape index (κ3) is 1.84. The molecule has 2 nitrogen and oxygen atoms in total. The number of nitrogens with two attached hydrogens (primary N) is 1. The van der Waals surface area contributed by atoms with Crippen molar-refractivity contribution in [3.63, 3.8) is 0 Å². The number of rotatable bonds is 2. The standard InChI is InChI=1S/C10H15NO/c1-8-4-3-5-9(6-8)10(2,12)7-11/h3-6,12H,7,11H2,1-2H3/t10-/m0/s1. The molecular formula is C10H15NO. The van der Waals surface area contributed by atoms with E-state index in [9.17, 15) is 5.11 Å². The highest BCUT2D eigenvalue weighted by atomic mass is 16.3. The molecule has 3 N–H and O–H groups in total. The molecule has 0 bridgehead atoms. The van der Waals surface area contributed by atoms with Crippen LogP contribution >= 0.6 is 0 Å². The lowest BCUT2D eigenvalue weighted by atomic mass is 9.95. The molecule has 0 aliphatic carbocycles. The van der Waals surface area contributed by atoms with Gasteiger partial charge in [-0.05, 0) is 19.4 Å². The fourth-order valence-corrected chi connectivity index (χ4v) is 1.10. The fourth-order valence-electron chi connectivity index (χ4n) is 1.10. The second-order valence-electron chi connectivity index (χ2n) is 3.35. The van der Waals surface area contributed by atoms with Gasteiger partial charge in [0.05, 0.1) is 5.60 Å². The largest absolute Gasteiger partial charge is 0.384 e.